The van der Waals surface area contributed by atoms with Crippen molar-refractivity contribution < 1.29 is 9.78 Å². The quantitative estimate of drug-likeness (QED) is 0.784. The molecule has 7 heteroatoms. The van der Waals surface area contributed by atoms with E-state index >= 15 is 0 Å². The minimum Gasteiger partial charge on any atom is -0.333 e. The van der Waals surface area contributed by atoms with Crippen molar-refractivity contribution in [3.63, 3.8) is 0 Å². The molecule has 144 valence electrons. The average molecular weight is 395 g/mol. The number of nitrogen functional groups attached to an aromatic ring is 1. The van der Waals surface area contributed by atoms with Crippen molar-refractivity contribution in [2.75, 3.05) is 5.73 Å². The fraction of sp³-hybridized carbons (Fsp3) is 0.333. The number of H-pyrrole nitrogens is 1. The molecule has 1 amide bonds. The number of nitriles is 2. The summed E-state index contributed by atoms with van der Waals surface area (Å²) in [6.45, 7) is 8.30. The van der Waals surface area contributed by atoms with E-state index in [9.17, 15) is 10.1 Å². The maximum atomic E-state index is 13.2. The predicted molar refractivity (Wildman–Crippen MR) is 109 cm³/mol. The largest absolute Gasteiger partial charge is 0.333 e. The van der Waals surface area contributed by atoms with E-state index in [1.165, 1.54) is 17.8 Å². The molecule has 0 saturated heterocycles. The number of carbonyl (C=O) groups is 1. The standard InChI is InChI=1S/C21H23N5OS/c1-14(28-19-17(12-23)10-16(11-22)18(24)25-19)20(27)26(21(2,3)4)13-15-8-6-5-7-9-15/h5-10,14H,13H2,1-4H3,(H2,24,25)/p+1/t14-/m1/s1. The number of hydrogen-bond acceptors (Lipinski definition) is 5. The maximum Gasteiger partial charge on any atom is 0.289 e. The van der Waals surface area contributed by atoms with Crippen LogP contribution in [0.4, 0.5) is 5.82 Å². The van der Waals surface area contributed by atoms with E-state index in [0.29, 0.717) is 17.1 Å². The number of carbonyl (C=O) groups excluding carboxylic acids is 1. The van der Waals surface area contributed by atoms with Gasteiger partial charge in [0.2, 0.25) is 5.91 Å². The molecule has 0 bridgehead atoms. The molecule has 28 heavy (non-hydrogen) atoms. The minimum atomic E-state index is -0.446. The van der Waals surface area contributed by atoms with Gasteiger partial charge in [0.1, 0.15) is 23.3 Å². The second kappa shape index (κ2) is 8.77. The lowest BCUT2D eigenvalue weighted by molar-refractivity contribution is -0.410. The third-order valence-corrected chi connectivity index (χ3v) is 5.33. The van der Waals surface area contributed by atoms with E-state index in [1.807, 2.05) is 62.1 Å². The number of nitrogens with zero attached hydrogens (tertiary/aromatic N) is 3. The molecule has 1 heterocycles. The predicted octanol–water partition coefficient (Wildman–Crippen LogP) is 3.13. The van der Waals surface area contributed by atoms with Crippen molar-refractivity contribution in [2.24, 2.45) is 0 Å². The molecule has 0 unspecified atom stereocenters. The van der Waals surface area contributed by atoms with Crippen LogP contribution in [0.1, 0.15) is 44.4 Å². The number of rotatable bonds is 5. The van der Waals surface area contributed by atoms with Crippen LogP contribution in [0.3, 0.4) is 0 Å². The average Bonchev–Trinajstić information content (AvgIpc) is 2.65. The minimum absolute atomic E-state index is 0.0402. The molecule has 0 aliphatic rings. The van der Waals surface area contributed by atoms with E-state index in [-0.39, 0.29) is 22.8 Å². The Balaban J connectivity index is 2.28. The van der Waals surface area contributed by atoms with Crippen molar-refractivity contribution in [2.45, 2.75) is 50.1 Å². The first-order valence-electron chi connectivity index (χ1n) is 8.85. The molecule has 1 atom stereocenters. The van der Waals surface area contributed by atoms with Crippen LogP contribution >= 0.6 is 11.8 Å². The highest BCUT2D eigenvalue weighted by Crippen LogP contribution is 2.28. The summed E-state index contributed by atoms with van der Waals surface area (Å²) in [5, 5.41) is 18.5. The summed E-state index contributed by atoms with van der Waals surface area (Å²) < 4.78 is 0. The second-order valence-corrected chi connectivity index (χ2v) is 8.76. The fourth-order valence-corrected chi connectivity index (χ4v) is 3.65. The Kier molecular flexibility index (Phi) is 6.66. The van der Waals surface area contributed by atoms with Gasteiger partial charge in [0.25, 0.3) is 5.82 Å². The van der Waals surface area contributed by atoms with Crippen molar-refractivity contribution in [3.8, 4) is 12.1 Å². The molecule has 1 aromatic heterocycles. The van der Waals surface area contributed by atoms with E-state index in [0.717, 1.165) is 5.56 Å². The summed E-state index contributed by atoms with van der Waals surface area (Å²) in [5.74, 6) is 0.141. The number of nitrogens with two attached hydrogens (primary N) is 1. The Morgan fingerprint density at radius 3 is 2.36 bits per heavy atom. The number of thioether (sulfide) groups is 1. The van der Waals surface area contributed by atoms with Crippen LogP contribution in [-0.4, -0.2) is 21.6 Å². The molecule has 1 aromatic carbocycles. The molecular formula is C21H24N5OS+. The Bertz CT molecular complexity index is 938. The Morgan fingerprint density at radius 1 is 1.21 bits per heavy atom. The highest BCUT2D eigenvalue weighted by Gasteiger charge is 2.31. The number of nitrogens with one attached hydrogen (secondary N) is 1. The van der Waals surface area contributed by atoms with Gasteiger partial charge in [-0.1, -0.05) is 42.1 Å². The SMILES string of the molecule is C[C@@H](Sc1[nH+]c(N)c(C#N)cc1C#N)C(=O)N(Cc1ccccc1)C(C)(C)C. The van der Waals surface area contributed by atoms with Crippen molar-refractivity contribution in [1.29, 1.82) is 10.5 Å². The van der Waals surface area contributed by atoms with Gasteiger partial charge in [0.15, 0.2) is 5.03 Å². The highest BCUT2D eigenvalue weighted by atomic mass is 32.2. The first-order chi connectivity index (χ1) is 13.2. The smallest absolute Gasteiger partial charge is 0.289 e. The molecular weight excluding hydrogens is 370 g/mol. The van der Waals surface area contributed by atoms with Gasteiger partial charge in [-0.3, -0.25) is 10.5 Å². The summed E-state index contributed by atoms with van der Waals surface area (Å²) in [5.41, 5.74) is 7.03. The number of anilines is 1. The zero-order valence-electron chi connectivity index (χ0n) is 16.5. The molecule has 0 saturated carbocycles. The second-order valence-electron chi connectivity index (χ2n) is 7.40. The van der Waals surface area contributed by atoms with Gasteiger partial charge in [0, 0.05) is 12.1 Å². The van der Waals surface area contributed by atoms with Crippen LogP contribution in [-0.2, 0) is 11.3 Å². The Hall–Kier alpha value is -3.03. The number of benzene rings is 1. The van der Waals surface area contributed by atoms with Crippen LogP contribution in [0.2, 0.25) is 0 Å². The van der Waals surface area contributed by atoms with Gasteiger partial charge in [0.05, 0.1) is 5.25 Å². The summed E-state index contributed by atoms with van der Waals surface area (Å²) in [7, 11) is 0. The number of aromatic nitrogens is 1. The molecule has 3 N–H and O–H groups in total. The Morgan fingerprint density at radius 2 is 1.82 bits per heavy atom. The summed E-state index contributed by atoms with van der Waals surface area (Å²) in [6.07, 6.45) is 0. The topological polar surface area (TPSA) is 108 Å². The molecule has 0 aliphatic carbocycles. The van der Waals surface area contributed by atoms with Crippen LogP contribution in [0.15, 0.2) is 41.4 Å². The van der Waals surface area contributed by atoms with E-state index in [4.69, 9.17) is 11.0 Å². The van der Waals surface area contributed by atoms with Crippen molar-refractivity contribution in [3.05, 3.63) is 53.1 Å². The third-order valence-electron chi connectivity index (χ3n) is 4.21. The van der Waals surface area contributed by atoms with Gasteiger partial charge in [-0.05, 0) is 39.3 Å². The first-order valence-corrected chi connectivity index (χ1v) is 9.73. The molecule has 6 nitrogen and oxygen atoms in total. The normalized spacial score (nSPS) is 11.9. The molecule has 0 radical (unpaired) electrons. The number of amides is 1. The van der Waals surface area contributed by atoms with Gasteiger partial charge in [-0.15, -0.1) is 0 Å². The van der Waals surface area contributed by atoms with Crippen LogP contribution < -0.4 is 10.7 Å². The van der Waals surface area contributed by atoms with E-state index in [2.05, 4.69) is 11.1 Å². The highest BCUT2D eigenvalue weighted by molar-refractivity contribution is 8.00. The molecule has 0 spiro atoms. The van der Waals surface area contributed by atoms with Gasteiger partial charge >= 0.3 is 0 Å². The lowest BCUT2D eigenvalue weighted by Crippen LogP contribution is -2.48. The Labute approximate surface area is 170 Å². The molecule has 2 rings (SSSR count). The van der Waals surface area contributed by atoms with Crippen molar-refractivity contribution in [1.82, 2.24) is 4.90 Å². The monoisotopic (exact) mass is 394 g/mol. The van der Waals surface area contributed by atoms with Crippen LogP contribution in [0, 0.1) is 22.7 Å². The van der Waals surface area contributed by atoms with Gasteiger partial charge in [-0.2, -0.15) is 10.5 Å². The van der Waals surface area contributed by atoms with E-state index in [1.54, 1.807) is 6.92 Å². The zero-order chi connectivity index (χ0) is 20.9. The molecule has 2 aromatic rings. The van der Waals surface area contributed by atoms with Gasteiger partial charge in [-0.25, -0.2) is 4.98 Å². The lowest BCUT2D eigenvalue weighted by Gasteiger charge is -2.37. The zero-order valence-corrected chi connectivity index (χ0v) is 17.3. The number of aromatic amines is 1. The summed E-state index contributed by atoms with van der Waals surface area (Å²) >= 11 is 1.23. The first kappa shape index (κ1) is 21.3. The molecule has 0 fully saturated rings. The lowest BCUT2D eigenvalue weighted by atomic mass is 10.0. The maximum absolute atomic E-state index is 13.2. The van der Waals surface area contributed by atoms with Crippen molar-refractivity contribution >= 4 is 23.5 Å². The summed E-state index contributed by atoms with van der Waals surface area (Å²) in [4.78, 5) is 17.9. The summed E-state index contributed by atoms with van der Waals surface area (Å²) in [6, 6.07) is 15.3. The van der Waals surface area contributed by atoms with Crippen LogP contribution in [0.25, 0.3) is 0 Å². The molecule has 0 aliphatic heterocycles. The fourth-order valence-electron chi connectivity index (χ4n) is 2.67. The van der Waals surface area contributed by atoms with Crippen LogP contribution in [0.5, 0.6) is 0 Å². The number of hydrogen-bond donors (Lipinski definition) is 1. The van der Waals surface area contributed by atoms with E-state index < -0.39 is 5.25 Å². The number of pyridine rings is 1. The third kappa shape index (κ3) is 5.03. The van der Waals surface area contributed by atoms with Gasteiger partial charge < -0.3 is 4.90 Å².